The highest BCUT2D eigenvalue weighted by Crippen LogP contribution is 2.64. The van der Waals surface area contributed by atoms with Crippen LogP contribution in [0.1, 0.15) is 98.3 Å². The standard InChI is InChI=1S/C33H48F6O4/c1-21-23(19-24(40)20-26(21)41)11-10-22-9-6-17-30(5)25(22)12-13-27(30)29(4,15-7-14-28(2,3)42)16-8-18-31(43,32(34,35)36)33(37,38)39/h8,10-11,18,24-27,40-43H,1,6-7,9,12-17,19-20H2,2-5H3/b18-8+,22-10+,23-11-/t24-,25?,26+,27?,29-,30+/m1/s1. The van der Waals surface area contributed by atoms with E-state index in [1.165, 1.54) is 5.57 Å². The molecule has 0 aromatic rings. The third-order valence-electron chi connectivity index (χ3n) is 10.4. The highest BCUT2D eigenvalue weighted by Gasteiger charge is 2.69. The first-order chi connectivity index (χ1) is 19.5. The van der Waals surface area contributed by atoms with Crippen LogP contribution in [0.3, 0.4) is 0 Å². The zero-order valence-corrected chi connectivity index (χ0v) is 25.7. The number of hydrogen-bond donors (Lipinski definition) is 4. The summed E-state index contributed by atoms with van der Waals surface area (Å²) in [7, 11) is 0. The number of allylic oxidation sites excluding steroid dienone is 4. The topological polar surface area (TPSA) is 80.9 Å². The number of alkyl halides is 6. The van der Waals surface area contributed by atoms with Gasteiger partial charge in [-0.2, -0.15) is 26.3 Å². The van der Waals surface area contributed by atoms with E-state index in [4.69, 9.17) is 0 Å². The van der Waals surface area contributed by atoms with Crippen molar-refractivity contribution in [1.82, 2.24) is 0 Å². The molecule has 2 unspecified atom stereocenters. The molecule has 246 valence electrons. The molecule has 0 amide bonds. The Labute approximate surface area is 251 Å². The molecule has 3 aliphatic carbocycles. The molecule has 3 rings (SSSR count). The third kappa shape index (κ3) is 7.79. The zero-order chi connectivity index (χ0) is 32.6. The fourth-order valence-electron chi connectivity index (χ4n) is 8.04. The minimum atomic E-state index is -5.92. The van der Waals surface area contributed by atoms with Gasteiger partial charge in [0.2, 0.25) is 0 Å². The highest BCUT2D eigenvalue weighted by atomic mass is 19.4. The lowest BCUT2D eigenvalue weighted by Gasteiger charge is -2.49. The molecule has 0 bridgehead atoms. The van der Waals surface area contributed by atoms with E-state index in [1.807, 2.05) is 19.1 Å². The maximum atomic E-state index is 13.4. The Morgan fingerprint density at radius 1 is 0.953 bits per heavy atom. The normalized spacial score (nSPS) is 32.9. The molecule has 4 N–H and O–H groups in total. The monoisotopic (exact) mass is 622 g/mol. The van der Waals surface area contributed by atoms with E-state index >= 15 is 0 Å². The van der Waals surface area contributed by atoms with Crippen molar-refractivity contribution in [1.29, 1.82) is 0 Å². The summed E-state index contributed by atoms with van der Waals surface area (Å²) in [5, 5.41) is 40.3. The fraction of sp³-hybridized carbons (Fsp3) is 0.758. The Hall–Kier alpha value is -1.62. The summed E-state index contributed by atoms with van der Waals surface area (Å²) in [6, 6.07) is 0. The van der Waals surface area contributed by atoms with Crippen LogP contribution in [0, 0.1) is 22.7 Å². The largest absolute Gasteiger partial charge is 0.429 e. The van der Waals surface area contributed by atoms with E-state index in [9.17, 15) is 46.8 Å². The van der Waals surface area contributed by atoms with Gasteiger partial charge in [0.05, 0.1) is 17.8 Å². The summed E-state index contributed by atoms with van der Waals surface area (Å²) in [4.78, 5) is 0. The molecule has 3 saturated carbocycles. The van der Waals surface area contributed by atoms with Crippen molar-refractivity contribution >= 4 is 0 Å². The third-order valence-corrected chi connectivity index (χ3v) is 10.4. The van der Waals surface area contributed by atoms with Gasteiger partial charge in [0.1, 0.15) is 0 Å². The average molecular weight is 623 g/mol. The van der Waals surface area contributed by atoms with Crippen LogP contribution in [0.15, 0.2) is 47.6 Å². The van der Waals surface area contributed by atoms with E-state index in [0.29, 0.717) is 31.3 Å². The van der Waals surface area contributed by atoms with E-state index in [0.717, 1.165) is 43.8 Å². The van der Waals surface area contributed by atoms with Crippen molar-refractivity contribution in [3.63, 3.8) is 0 Å². The first-order valence-corrected chi connectivity index (χ1v) is 15.2. The number of hydrogen-bond acceptors (Lipinski definition) is 4. The number of rotatable bonds is 9. The number of fused-ring (bicyclic) bond motifs is 1. The Morgan fingerprint density at radius 3 is 2.16 bits per heavy atom. The lowest BCUT2D eigenvalue weighted by Crippen LogP contribution is -2.55. The number of halogens is 6. The van der Waals surface area contributed by atoms with Gasteiger partial charge < -0.3 is 20.4 Å². The van der Waals surface area contributed by atoms with E-state index in [2.05, 4.69) is 13.5 Å². The first kappa shape index (κ1) is 35.9. The van der Waals surface area contributed by atoms with Crippen LogP contribution in [0.25, 0.3) is 0 Å². The van der Waals surface area contributed by atoms with Crippen molar-refractivity contribution < 1.29 is 46.8 Å². The molecule has 4 nitrogen and oxygen atoms in total. The van der Waals surface area contributed by atoms with E-state index in [-0.39, 0.29) is 36.2 Å². The number of aliphatic hydroxyl groups is 4. The van der Waals surface area contributed by atoms with Gasteiger partial charge >= 0.3 is 12.4 Å². The molecular weight excluding hydrogens is 574 g/mol. The van der Waals surface area contributed by atoms with Gasteiger partial charge in [-0.05, 0) is 112 Å². The lowest BCUT2D eigenvalue weighted by atomic mass is 9.55. The van der Waals surface area contributed by atoms with Gasteiger partial charge in [-0.25, -0.2) is 0 Å². The predicted octanol–water partition coefficient (Wildman–Crippen LogP) is 7.88. The average Bonchev–Trinajstić information content (AvgIpc) is 3.21. The summed E-state index contributed by atoms with van der Waals surface area (Å²) < 4.78 is 80.2. The second-order valence-electron chi connectivity index (χ2n) is 14.3. The Morgan fingerprint density at radius 2 is 1.58 bits per heavy atom. The van der Waals surface area contributed by atoms with Gasteiger partial charge in [-0.1, -0.05) is 50.6 Å². The lowest BCUT2D eigenvalue weighted by molar-refractivity contribution is -0.347. The summed E-state index contributed by atoms with van der Waals surface area (Å²) in [5.74, 6) is 0.139. The Bertz CT molecular complexity index is 1080. The Kier molecular flexibility index (Phi) is 10.5. The van der Waals surface area contributed by atoms with Gasteiger partial charge in [0.25, 0.3) is 5.60 Å². The minimum Gasteiger partial charge on any atom is -0.393 e. The molecule has 43 heavy (non-hydrogen) atoms. The quantitative estimate of drug-likeness (QED) is 0.156. The molecule has 0 aromatic heterocycles. The van der Waals surface area contributed by atoms with Crippen LogP contribution in [0.5, 0.6) is 0 Å². The number of aliphatic hydroxyl groups excluding tert-OH is 2. The fourth-order valence-corrected chi connectivity index (χ4v) is 8.04. The molecule has 0 heterocycles. The van der Waals surface area contributed by atoms with Crippen LogP contribution < -0.4 is 0 Å². The maximum absolute atomic E-state index is 13.4. The van der Waals surface area contributed by atoms with E-state index in [1.54, 1.807) is 13.8 Å². The molecular formula is C33H48F6O4. The highest BCUT2D eigenvalue weighted by molar-refractivity contribution is 5.38. The van der Waals surface area contributed by atoms with E-state index < -0.39 is 41.2 Å². The molecule has 6 atom stereocenters. The van der Waals surface area contributed by atoms with Gasteiger partial charge in [-0.15, -0.1) is 0 Å². The summed E-state index contributed by atoms with van der Waals surface area (Å²) in [6.07, 6.45) is -2.44. The van der Waals surface area contributed by atoms with Gasteiger partial charge in [0.15, 0.2) is 0 Å². The van der Waals surface area contributed by atoms with Crippen molar-refractivity contribution in [2.45, 2.75) is 134 Å². The predicted molar refractivity (Wildman–Crippen MR) is 154 cm³/mol. The molecule has 0 saturated heterocycles. The molecule has 0 aromatic carbocycles. The van der Waals surface area contributed by atoms with Crippen molar-refractivity contribution in [2.24, 2.45) is 22.7 Å². The molecule has 3 fully saturated rings. The van der Waals surface area contributed by atoms with Crippen LogP contribution in [-0.2, 0) is 0 Å². The molecule has 10 heteroatoms. The minimum absolute atomic E-state index is 0.0223. The maximum Gasteiger partial charge on any atom is 0.429 e. The zero-order valence-electron chi connectivity index (χ0n) is 25.7. The smallest absolute Gasteiger partial charge is 0.393 e. The van der Waals surface area contributed by atoms with Crippen molar-refractivity contribution in [3.8, 4) is 0 Å². The molecule has 0 radical (unpaired) electrons. The summed E-state index contributed by atoms with van der Waals surface area (Å²) in [5.41, 5.74) is -4.25. The summed E-state index contributed by atoms with van der Waals surface area (Å²) in [6.45, 7) is 11.4. The van der Waals surface area contributed by atoms with Crippen molar-refractivity contribution in [3.05, 3.63) is 47.6 Å². The van der Waals surface area contributed by atoms with Crippen molar-refractivity contribution in [2.75, 3.05) is 0 Å². The van der Waals surface area contributed by atoms with Crippen LogP contribution in [0.4, 0.5) is 26.3 Å². The van der Waals surface area contributed by atoms with Crippen LogP contribution in [-0.4, -0.2) is 56.2 Å². The van der Waals surface area contributed by atoms with Crippen LogP contribution >= 0.6 is 0 Å². The van der Waals surface area contributed by atoms with Gasteiger partial charge in [0, 0.05) is 6.42 Å². The summed E-state index contributed by atoms with van der Waals surface area (Å²) >= 11 is 0. The Balaban J connectivity index is 1.93. The molecule has 0 spiro atoms. The van der Waals surface area contributed by atoms with Crippen LogP contribution in [0.2, 0.25) is 0 Å². The SMILES string of the molecule is C=C1/C(=C\C=C2/CCC[C@@]3(C)C2CCC3[C@@](C)(C/C=C/C(O)(C(F)(F)F)C(F)(F)F)CCCC(C)(C)O)C[C@@H](O)C[C@@H]1O. The second-order valence-corrected chi connectivity index (χ2v) is 14.3. The van der Waals surface area contributed by atoms with Gasteiger partial charge in [-0.3, -0.25) is 0 Å². The second kappa shape index (κ2) is 12.6. The molecule has 3 aliphatic rings. The molecule has 0 aliphatic heterocycles. The first-order valence-electron chi connectivity index (χ1n) is 15.2.